The molecule has 2 aromatic heterocycles. The largest absolute Gasteiger partial charge is 0.425 e. The molecule has 3 heterocycles. The highest BCUT2D eigenvalue weighted by Crippen LogP contribution is 2.40. The van der Waals surface area contributed by atoms with Crippen molar-refractivity contribution in [3.63, 3.8) is 0 Å². The Morgan fingerprint density at radius 2 is 1.72 bits per heavy atom. The summed E-state index contributed by atoms with van der Waals surface area (Å²) >= 11 is 0. The highest BCUT2D eigenvalue weighted by molar-refractivity contribution is 5.98. The second-order valence-electron chi connectivity index (χ2n) is 7.09. The van der Waals surface area contributed by atoms with E-state index in [2.05, 4.69) is 15.2 Å². The lowest BCUT2D eigenvalue weighted by Crippen LogP contribution is -2.38. The summed E-state index contributed by atoms with van der Waals surface area (Å²) in [6.07, 6.45) is 4.08. The summed E-state index contributed by atoms with van der Waals surface area (Å²) in [5.41, 5.74) is 1.66. The summed E-state index contributed by atoms with van der Waals surface area (Å²) in [5, 5.41) is 9.48. The first-order valence-corrected chi connectivity index (χ1v) is 8.98. The third-order valence-electron chi connectivity index (χ3n) is 5.27. The first-order chi connectivity index (χ1) is 12.3. The lowest BCUT2D eigenvalue weighted by molar-refractivity contribution is 0.0701. The molecule has 1 aliphatic heterocycles. The molecule has 1 amide bonds. The van der Waals surface area contributed by atoms with Crippen LogP contribution in [0.5, 0.6) is 0 Å². The van der Waals surface area contributed by atoms with Crippen molar-refractivity contribution in [2.45, 2.75) is 37.5 Å². The Bertz CT molecular complexity index is 883. The van der Waals surface area contributed by atoms with Crippen LogP contribution in [0.15, 0.2) is 34.7 Å². The van der Waals surface area contributed by atoms with Gasteiger partial charge in [0.25, 0.3) is 5.91 Å². The topological polar surface area (TPSA) is 75.0 Å². The van der Waals surface area contributed by atoms with E-state index in [1.54, 1.807) is 0 Å². The summed E-state index contributed by atoms with van der Waals surface area (Å²) in [4.78, 5) is 17.9. The number of para-hydroxylation sites is 1. The van der Waals surface area contributed by atoms with Gasteiger partial charge >= 0.3 is 0 Å². The van der Waals surface area contributed by atoms with Gasteiger partial charge in [-0.15, -0.1) is 10.2 Å². The summed E-state index contributed by atoms with van der Waals surface area (Å²) in [6.45, 7) is 1.44. The number of piperidine rings is 1. The molecule has 1 saturated carbocycles. The molecule has 0 radical (unpaired) electrons. The molecule has 128 valence electrons. The van der Waals surface area contributed by atoms with E-state index in [0.29, 0.717) is 11.6 Å². The molecule has 6 heteroatoms. The number of H-pyrrole nitrogens is 1. The van der Waals surface area contributed by atoms with Gasteiger partial charge in [0.2, 0.25) is 11.8 Å². The van der Waals surface area contributed by atoms with Crippen LogP contribution < -0.4 is 0 Å². The number of benzene rings is 1. The molecule has 1 aromatic carbocycles. The SMILES string of the molecule is O=C(c1cc2ccccc2[nH]1)N1CCC(c2nnc(C3CC3)o2)CC1. The number of nitrogens with one attached hydrogen (secondary N) is 1. The minimum absolute atomic E-state index is 0.0684. The normalized spacial score (nSPS) is 18.8. The Labute approximate surface area is 145 Å². The third-order valence-corrected chi connectivity index (χ3v) is 5.27. The number of nitrogens with zero attached hydrogens (tertiary/aromatic N) is 3. The quantitative estimate of drug-likeness (QED) is 0.795. The maximum atomic E-state index is 12.8. The van der Waals surface area contributed by atoms with Crippen molar-refractivity contribution in [2.24, 2.45) is 0 Å². The molecule has 2 aliphatic rings. The molecule has 6 nitrogen and oxygen atoms in total. The van der Waals surface area contributed by atoms with Crippen LogP contribution in [-0.4, -0.2) is 39.1 Å². The molecule has 2 fully saturated rings. The zero-order valence-corrected chi connectivity index (χ0v) is 13.9. The third kappa shape index (κ3) is 2.71. The molecule has 0 bridgehead atoms. The first kappa shape index (κ1) is 14.7. The molecule has 1 N–H and O–H groups in total. The van der Waals surface area contributed by atoms with Gasteiger partial charge in [-0.3, -0.25) is 4.79 Å². The van der Waals surface area contributed by atoms with Gasteiger partial charge in [0.15, 0.2) is 0 Å². The molecule has 3 aromatic rings. The maximum Gasteiger partial charge on any atom is 0.270 e. The van der Waals surface area contributed by atoms with E-state index in [0.717, 1.165) is 48.6 Å². The van der Waals surface area contributed by atoms with E-state index in [1.165, 1.54) is 12.8 Å². The number of carbonyl (C=O) groups excluding carboxylic acids is 1. The first-order valence-electron chi connectivity index (χ1n) is 8.98. The molecular formula is C19H20N4O2. The van der Waals surface area contributed by atoms with Crippen molar-refractivity contribution in [3.05, 3.63) is 47.8 Å². The lowest BCUT2D eigenvalue weighted by atomic mass is 9.96. The maximum absolute atomic E-state index is 12.8. The summed E-state index contributed by atoms with van der Waals surface area (Å²) in [6, 6.07) is 9.89. The standard InChI is InChI=1S/C19H20N4O2/c24-19(16-11-14-3-1-2-4-15(14)20-16)23-9-7-13(8-10-23)18-22-21-17(25-18)12-5-6-12/h1-4,11-13,20H,5-10H2. The zero-order chi connectivity index (χ0) is 16.8. The molecule has 1 saturated heterocycles. The minimum Gasteiger partial charge on any atom is -0.425 e. The van der Waals surface area contributed by atoms with Crippen LogP contribution in [0, 0.1) is 0 Å². The fraction of sp³-hybridized carbons (Fsp3) is 0.421. The lowest BCUT2D eigenvalue weighted by Gasteiger charge is -2.30. The predicted molar refractivity (Wildman–Crippen MR) is 92.5 cm³/mol. The van der Waals surface area contributed by atoms with Crippen LogP contribution in [0.25, 0.3) is 10.9 Å². The van der Waals surface area contributed by atoms with E-state index < -0.39 is 0 Å². The fourth-order valence-corrected chi connectivity index (χ4v) is 3.60. The van der Waals surface area contributed by atoms with E-state index in [-0.39, 0.29) is 11.8 Å². The van der Waals surface area contributed by atoms with Crippen LogP contribution in [0.4, 0.5) is 0 Å². The van der Waals surface area contributed by atoms with E-state index in [1.807, 2.05) is 35.2 Å². The van der Waals surface area contributed by atoms with Gasteiger partial charge in [-0.05, 0) is 37.8 Å². The number of rotatable bonds is 3. The van der Waals surface area contributed by atoms with Crippen LogP contribution in [0.2, 0.25) is 0 Å². The van der Waals surface area contributed by atoms with E-state index in [4.69, 9.17) is 4.42 Å². The molecule has 1 aliphatic carbocycles. The van der Waals surface area contributed by atoms with Gasteiger partial charge in [-0.1, -0.05) is 18.2 Å². The van der Waals surface area contributed by atoms with E-state index in [9.17, 15) is 4.79 Å². The van der Waals surface area contributed by atoms with Crippen LogP contribution in [0.1, 0.15) is 59.8 Å². The number of carbonyl (C=O) groups is 1. The smallest absolute Gasteiger partial charge is 0.270 e. The Kier molecular flexibility index (Phi) is 3.36. The van der Waals surface area contributed by atoms with Crippen molar-refractivity contribution in [1.29, 1.82) is 0 Å². The Morgan fingerprint density at radius 3 is 2.40 bits per heavy atom. The van der Waals surface area contributed by atoms with Gasteiger partial charge in [0.1, 0.15) is 5.69 Å². The number of hydrogen-bond donors (Lipinski definition) is 1. The van der Waals surface area contributed by atoms with Gasteiger partial charge in [-0.25, -0.2) is 0 Å². The van der Waals surface area contributed by atoms with Crippen LogP contribution >= 0.6 is 0 Å². The molecule has 0 unspecified atom stereocenters. The number of amides is 1. The number of aromatic amines is 1. The predicted octanol–water partition coefficient (Wildman–Crippen LogP) is 3.45. The minimum atomic E-state index is 0.0684. The van der Waals surface area contributed by atoms with Crippen molar-refractivity contribution in [3.8, 4) is 0 Å². The molecule has 0 atom stereocenters. The fourth-order valence-electron chi connectivity index (χ4n) is 3.60. The number of aromatic nitrogens is 3. The van der Waals surface area contributed by atoms with Crippen LogP contribution in [0.3, 0.4) is 0 Å². The Balaban J connectivity index is 1.26. The second-order valence-corrected chi connectivity index (χ2v) is 7.09. The monoisotopic (exact) mass is 336 g/mol. The van der Waals surface area contributed by atoms with Crippen molar-refractivity contribution in [1.82, 2.24) is 20.1 Å². The molecule has 0 spiro atoms. The molecule has 25 heavy (non-hydrogen) atoms. The number of likely N-dealkylation sites (tertiary alicyclic amines) is 1. The summed E-state index contributed by atoms with van der Waals surface area (Å²) in [5.74, 6) is 2.38. The van der Waals surface area contributed by atoms with Crippen molar-refractivity contribution < 1.29 is 9.21 Å². The average molecular weight is 336 g/mol. The zero-order valence-electron chi connectivity index (χ0n) is 13.9. The number of hydrogen-bond acceptors (Lipinski definition) is 4. The van der Waals surface area contributed by atoms with Gasteiger partial charge in [-0.2, -0.15) is 0 Å². The van der Waals surface area contributed by atoms with Gasteiger partial charge in [0, 0.05) is 35.8 Å². The average Bonchev–Trinajstić information content (AvgIpc) is 3.22. The molecular weight excluding hydrogens is 316 g/mol. The van der Waals surface area contributed by atoms with Crippen molar-refractivity contribution in [2.75, 3.05) is 13.1 Å². The van der Waals surface area contributed by atoms with E-state index >= 15 is 0 Å². The highest BCUT2D eigenvalue weighted by Gasteiger charge is 2.32. The highest BCUT2D eigenvalue weighted by atomic mass is 16.4. The molecule has 5 rings (SSSR count). The number of fused-ring (bicyclic) bond motifs is 1. The van der Waals surface area contributed by atoms with Gasteiger partial charge < -0.3 is 14.3 Å². The second kappa shape index (κ2) is 5.72. The summed E-state index contributed by atoms with van der Waals surface area (Å²) < 4.78 is 5.84. The Morgan fingerprint density at radius 1 is 1.04 bits per heavy atom. The van der Waals surface area contributed by atoms with Crippen molar-refractivity contribution >= 4 is 16.8 Å². The van der Waals surface area contributed by atoms with Gasteiger partial charge in [0.05, 0.1) is 0 Å². The Hall–Kier alpha value is -2.63. The van der Waals surface area contributed by atoms with Crippen LogP contribution in [-0.2, 0) is 0 Å². The summed E-state index contributed by atoms with van der Waals surface area (Å²) in [7, 11) is 0.